The SMILES string of the molecule is Cc1ccc(S(=O)(=O)N([C@@H]2C[C@@H](O[Si](c3ccccc3)(c3ccccc3)C(C)(C)C)CN(Cc3ccccc3)C2)S(=O)(=O)c2ccc(C)cc2)cc1. The molecule has 52 heavy (non-hydrogen) atoms. The van der Waals surface area contributed by atoms with Gasteiger partial charge < -0.3 is 4.43 Å². The van der Waals surface area contributed by atoms with Gasteiger partial charge in [0.15, 0.2) is 0 Å². The molecule has 1 saturated heterocycles. The summed E-state index contributed by atoms with van der Waals surface area (Å²) in [6, 6.07) is 42.4. The molecular weight excluding hydrogens is 705 g/mol. The number of sulfonamides is 2. The summed E-state index contributed by atoms with van der Waals surface area (Å²) in [5.41, 5.74) is 2.79. The van der Waals surface area contributed by atoms with E-state index in [2.05, 4.69) is 49.9 Å². The van der Waals surface area contributed by atoms with Crippen molar-refractivity contribution in [2.75, 3.05) is 13.1 Å². The highest BCUT2D eigenvalue weighted by Gasteiger charge is 2.53. The zero-order valence-electron chi connectivity index (χ0n) is 30.5. The molecule has 7 nitrogen and oxygen atoms in total. The summed E-state index contributed by atoms with van der Waals surface area (Å²) in [6.07, 6.45) is -0.316. The third-order valence-electron chi connectivity index (χ3n) is 9.88. The highest BCUT2D eigenvalue weighted by atomic mass is 32.3. The Morgan fingerprint density at radius 2 is 1.06 bits per heavy atom. The van der Waals surface area contributed by atoms with E-state index in [1.165, 1.54) is 24.3 Å². The Kier molecular flexibility index (Phi) is 11.1. The van der Waals surface area contributed by atoms with E-state index in [1.54, 1.807) is 24.3 Å². The van der Waals surface area contributed by atoms with Crippen LogP contribution < -0.4 is 10.4 Å². The third-order valence-corrected chi connectivity index (χ3v) is 19.4. The molecule has 0 aromatic heterocycles. The highest BCUT2D eigenvalue weighted by molar-refractivity contribution is 8.04. The lowest BCUT2D eigenvalue weighted by Crippen LogP contribution is -2.69. The van der Waals surface area contributed by atoms with Gasteiger partial charge >= 0.3 is 0 Å². The molecule has 6 rings (SSSR count). The lowest BCUT2D eigenvalue weighted by Gasteiger charge is -2.48. The average molecular weight is 753 g/mol. The highest BCUT2D eigenvalue weighted by Crippen LogP contribution is 2.40. The van der Waals surface area contributed by atoms with Crippen LogP contribution in [0, 0.1) is 13.8 Å². The molecule has 272 valence electrons. The summed E-state index contributed by atoms with van der Waals surface area (Å²) >= 11 is 0. The Labute approximate surface area is 311 Å². The van der Waals surface area contributed by atoms with Crippen molar-refractivity contribution in [1.82, 2.24) is 8.61 Å². The van der Waals surface area contributed by atoms with Crippen LogP contribution in [0.4, 0.5) is 0 Å². The maximum absolute atomic E-state index is 14.8. The minimum atomic E-state index is -4.56. The molecule has 1 fully saturated rings. The molecule has 0 aliphatic carbocycles. The summed E-state index contributed by atoms with van der Waals surface area (Å²) in [5, 5.41) is 1.86. The van der Waals surface area contributed by atoms with Crippen molar-refractivity contribution in [3.05, 3.63) is 156 Å². The van der Waals surface area contributed by atoms with Gasteiger partial charge in [0.2, 0.25) is 0 Å². The molecule has 5 aromatic rings. The number of aryl methyl sites for hydroxylation is 2. The van der Waals surface area contributed by atoms with Gasteiger partial charge in [-0.3, -0.25) is 4.90 Å². The van der Waals surface area contributed by atoms with Crippen LogP contribution in [0.2, 0.25) is 5.04 Å². The van der Waals surface area contributed by atoms with Crippen molar-refractivity contribution in [3.8, 4) is 0 Å². The number of likely N-dealkylation sites (tertiary alicyclic amines) is 1. The molecule has 10 heteroatoms. The predicted molar refractivity (Wildman–Crippen MR) is 211 cm³/mol. The number of hydrogen-bond donors (Lipinski definition) is 0. The van der Waals surface area contributed by atoms with Crippen molar-refractivity contribution < 1.29 is 21.3 Å². The molecule has 2 atom stereocenters. The Balaban J connectivity index is 1.52. The topological polar surface area (TPSA) is 84.0 Å². The number of nitrogens with zero attached hydrogens (tertiary/aromatic N) is 2. The minimum Gasteiger partial charge on any atom is -0.403 e. The van der Waals surface area contributed by atoms with Crippen molar-refractivity contribution >= 4 is 38.7 Å². The number of rotatable bonds is 11. The molecule has 0 spiro atoms. The third kappa shape index (κ3) is 7.73. The maximum Gasteiger partial charge on any atom is 0.261 e. The predicted octanol–water partition coefficient (Wildman–Crippen LogP) is 6.90. The molecule has 5 aromatic carbocycles. The fourth-order valence-corrected chi connectivity index (χ4v) is 16.1. The summed E-state index contributed by atoms with van der Waals surface area (Å²) in [7, 11) is -12.2. The molecule has 0 amide bonds. The second kappa shape index (κ2) is 15.2. The van der Waals surface area contributed by atoms with Crippen molar-refractivity contribution in [2.24, 2.45) is 0 Å². The van der Waals surface area contributed by atoms with Gasteiger partial charge in [0.25, 0.3) is 28.4 Å². The van der Waals surface area contributed by atoms with E-state index in [1.807, 2.05) is 80.6 Å². The minimum absolute atomic E-state index is 0.0709. The Hall–Kier alpha value is -3.90. The van der Waals surface area contributed by atoms with E-state index in [0.29, 0.717) is 13.1 Å². The normalized spacial score (nSPS) is 17.7. The van der Waals surface area contributed by atoms with Crippen LogP contribution in [0.1, 0.15) is 43.9 Å². The van der Waals surface area contributed by atoms with Crippen molar-refractivity contribution in [3.63, 3.8) is 0 Å². The van der Waals surface area contributed by atoms with E-state index in [4.69, 9.17) is 4.43 Å². The standard InChI is InChI=1S/C42H48N2O5S2Si/c1-33-21-25-38(26-22-33)50(45,46)44(51(47,48)39-27-23-34(2)24-28-39)36-29-37(32-43(31-36)30-35-15-9-6-10-16-35)49-52(42(3,4)5,40-17-11-7-12-18-40)41-19-13-8-14-20-41/h6-28,36-37H,29-32H2,1-5H3/t36-,37-/m1/s1. The van der Waals surface area contributed by atoms with Crippen LogP contribution in [0.25, 0.3) is 0 Å². The molecule has 1 aliphatic rings. The molecular formula is C42H48N2O5S2Si. The molecule has 0 unspecified atom stereocenters. The lowest BCUT2D eigenvalue weighted by molar-refractivity contribution is 0.0509. The van der Waals surface area contributed by atoms with Crippen molar-refractivity contribution in [2.45, 2.75) is 74.6 Å². The van der Waals surface area contributed by atoms with E-state index in [-0.39, 0.29) is 27.8 Å². The molecule has 1 heterocycles. The van der Waals surface area contributed by atoms with E-state index in [0.717, 1.165) is 30.8 Å². The molecule has 0 N–H and O–H groups in total. The summed E-state index contributed by atoms with van der Waals surface area (Å²) in [5.74, 6) is 0. The lowest BCUT2D eigenvalue weighted by atomic mass is 10.0. The second-order valence-corrected chi connectivity index (χ2v) is 22.9. The first-order valence-electron chi connectivity index (χ1n) is 17.7. The van der Waals surface area contributed by atoms with E-state index in [9.17, 15) is 16.8 Å². The summed E-state index contributed by atoms with van der Waals surface area (Å²) in [4.78, 5) is 2.01. The van der Waals surface area contributed by atoms with Gasteiger partial charge in [-0.05, 0) is 65.5 Å². The molecule has 1 aliphatic heterocycles. The van der Waals surface area contributed by atoms with Gasteiger partial charge in [-0.1, -0.05) is 151 Å². The quantitative estimate of drug-likeness (QED) is 0.137. The number of piperidine rings is 1. The van der Waals surface area contributed by atoms with Gasteiger partial charge in [-0.15, -0.1) is 0 Å². The Bertz CT molecular complexity index is 2040. The van der Waals surface area contributed by atoms with Gasteiger partial charge in [0.05, 0.1) is 21.9 Å². The zero-order valence-corrected chi connectivity index (χ0v) is 33.1. The largest absolute Gasteiger partial charge is 0.403 e. The smallest absolute Gasteiger partial charge is 0.261 e. The van der Waals surface area contributed by atoms with Crippen LogP contribution in [-0.2, 0) is 31.0 Å². The number of benzene rings is 5. The van der Waals surface area contributed by atoms with Crippen LogP contribution >= 0.6 is 0 Å². The Morgan fingerprint density at radius 1 is 0.635 bits per heavy atom. The summed E-state index contributed by atoms with van der Waals surface area (Å²) in [6.45, 7) is 11.6. The zero-order chi connectivity index (χ0) is 37.1. The van der Waals surface area contributed by atoms with Gasteiger partial charge in [-0.25, -0.2) is 16.8 Å². The van der Waals surface area contributed by atoms with Crippen LogP contribution in [0.15, 0.2) is 149 Å². The second-order valence-electron chi connectivity index (χ2n) is 14.8. The van der Waals surface area contributed by atoms with Crippen molar-refractivity contribution in [1.29, 1.82) is 0 Å². The van der Waals surface area contributed by atoms with E-state index < -0.39 is 40.5 Å². The first-order valence-corrected chi connectivity index (χ1v) is 22.5. The Morgan fingerprint density at radius 3 is 1.48 bits per heavy atom. The van der Waals surface area contributed by atoms with Gasteiger partial charge in [0.1, 0.15) is 0 Å². The van der Waals surface area contributed by atoms with Gasteiger partial charge in [0, 0.05) is 19.6 Å². The first-order chi connectivity index (χ1) is 24.7. The van der Waals surface area contributed by atoms with Gasteiger partial charge in [-0.2, -0.15) is 0 Å². The van der Waals surface area contributed by atoms with E-state index >= 15 is 0 Å². The average Bonchev–Trinajstić information content (AvgIpc) is 3.11. The fraction of sp³-hybridized carbons (Fsp3) is 0.286. The molecule has 0 saturated carbocycles. The molecule has 0 radical (unpaired) electrons. The number of hydrogen-bond acceptors (Lipinski definition) is 6. The maximum atomic E-state index is 14.8. The molecule has 0 bridgehead atoms. The monoisotopic (exact) mass is 752 g/mol. The van der Waals surface area contributed by atoms with Crippen LogP contribution in [0.3, 0.4) is 0 Å². The van der Waals surface area contributed by atoms with Crippen LogP contribution in [-0.4, -0.2) is 59.0 Å². The first kappa shape index (κ1) is 37.8. The van der Waals surface area contributed by atoms with Crippen LogP contribution in [0.5, 0.6) is 0 Å². The fourth-order valence-electron chi connectivity index (χ4n) is 7.41. The summed E-state index contributed by atoms with van der Waals surface area (Å²) < 4.78 is 67.5.